The molecule has 176 valence electrons. The van der Waals surface area contributed by atoms with Gasteiger partial charge in [0.15, 0.2) is 15.8 Å². The first kappa shape index (κ1) is 23.2. The molecule has 33 heavy (non-hydrogen) atoms. The zero-order chi connectivity index (χ0) is 23.6. The molecule has 0 atom stereocenters. The fourth-order valence-electron chi connectivity index (χ4n) is 4.91. The Morgan fingerprint density at radius 2 is 1.88 bits per heavy atom. The summed E-state index contributed by atoms with van der Waals surface area (Å²) < 4.78 is 26.0. The molecular formula is C23H30N5O4S+. The number of nitrogens with zero attached hydrogens (tertiary/aromatic N) is 3. The van der Waals surface area contributed by atoms with Gasteiger partial charge in [0.2, 0.25) is 0 Å². The maximum atomic E-state index is 13.0. The van der Waals surface area contributed by atoms with E-state index in [1.54, 1.807) is 41.6 Å². The van der Waals surface area contributed by atoms with Gasteiger partial charge in [-0.15, -0.1) is 0 Å². The molecule has 2 aliphatic rings. The zero-order valence-corrected chi connectivity index (χ0v) is 19.3. The van der Waals surface area contributed by atoms with Crippen LogP contribution >= 0.6 is 0 Å². The molecule has 2 aromatic rings. The van der Waals surface area contributed by atoms with Gasteiger partial charge < -0.3 is 15.7 Å². The van der Waals surface area contributed by atoms with E-state index in [9.17, 15) is 18.3 Å². The fraction of sp³-hybridized carbons (Fsp3) is 0.435. The van der Waals surface area contributed by atoms with Crippen LogP contribution in [0.1, 0.15) is 30.4 Å². The van der Waals surface area contributed by atoms with Gasteiger partial charge in [-0.25, -0.2) is 8.42 Å². The number of likely N-dealkylation sites (tertiary alicyclic amines) is 1. The van der Waals surface area contributed by atoms with Gasteiger partial charge in [-0.1, -0.05) is 6.07 Å². The molecule has 0 bridgehead atoms. The highest BCUT2D eigenvalue weighted by Gasteiger charge is 2.43. The van der Waals surface area contributed by atoms with Gasteiger partial charge in [-0.2, -0.15) is 9.28 Å². The number of hydrogen-bond donors (Lipinski definition) is 3. The minimum atomic E-state index is -3.46. The van der Waals surface area contributed by atoms with Crippen LogP contribution < -0.4 is 10.2 Å². The van der Waals surface area contributed by atoms with Crippen LogP contribution in [0.15, 0.2) is 47.6 Å². The second-order valence-corrected chi connectivity index (χ2v) is 11.1. The number of fused-ring (bicyclic) bond motifs is 1. The summed E-state index contributed by atoms with van der Waals surface area (Å²) in [5.74, 6) is 0.196. The van der Waals surface area contributed by atoms with Crippen LogP contribution in [0.5, 0.6) is 0 Å². The van der Waals surface area contributed by atoms with Gasteiger partial charge in [0.25, 0.3) is 0 Å². The quantitative estimate of drug-likeness (QED) is 0.345. The predicted molar refractivity (Wildman–Crippen MR) is 126 cm³/mol. The van der Waals surface area contributed by atoms with E-state index >= 15 is 0 Å². The number of hydrogen-bond acceptors (Lipinski definition) is 5. The van der Waals surface area contributed by atoms with E-state index in [4.69, 9.17) is 11.1 Å². The monoisotopic (exact) mass is 472 g/mol. The first-order valence-electron chi connectivity index (χ1n) is 11.2. The number of sulfone groups is 1. The van der Waals surface area contributed by atoms with Crippen molar-refractivity contribution in [2.75, 3.05) is 25.4 Å². The van der Waals surface area contributed by atoms with Crippen molar-refractivity contribution < 1.29 is 18.3 Å². The van der Waals surface area contributed by atoms with Crippen molar-refractivity contribution in [1.82, 2.24) is 14.4 Å². The van der Waals surface area contributed by atoms with E-state index in [0.29, 0.717) is 56.0 Å². The highest BCUT2D eigenvalue weighted by Crippen LogP contribution is 2.33. The molecule has 0 radical (unpaired) electrons. The maximum Gasteiger partial charge on any atom is 0.518 e. The van der Waals surface area contributed by atoms with Crippen LogP contribution in [0.2, 0.25) is 0 Å². The summed E-state index contributed by atoms with van der Waals surface area (Å²) in [6, 6.07) is 8.74. The lowest BCUT2D eigenvalue weighted by atomic mass is 9.92. The number of quaternary nitrogens is 1. The van der Waals surface area contributed by atoms with Crippen LogP contribution in [0, 0.1) is 11.3 Å². The average Bonchev–Trinajstić information content (AvgIpc) is 2.82. The summed E-state index contributed by atoms with van der Waals surface area (Å²) in [5.41, 5.74) is 8.30. The molecule has 0 unspecified atom stereocenters. The number of benzene rings is 1. The van der Waals surface area contributed by atoms with Crippen LogP contribution in [0.3, 0.4) is 0 Å². The summed E-state index contributed by atoms with van der Waals surface area (Å²) in [7, 11) is -3.46. The van der Waals surface area contributed by atoms with Crippen LogP contribution in [-0.4, -0.2) is 60.8 Å². The largest absolute Gasteiger partial charge is 0.518 e. The lowest BCUT2D eigenvalue weighted by Gasteiger charge is -2.38. The number of carbonyl (C=O) groups is 1. The third-order valence-corrected chi connectivity index (χ3v) is 8.79. The molecular weight excluding hydrogens is 442 g/mol. The van der Waals surface area contributed by atoms with E-state index in [-0.39, 0.29) is 22.1 Å². The summed E-state index contributed by atoms with van der Waals surface area (Å²) >= 11 is 0. The molecule has 1 fully saturated rings. The fourth-order valence-corrected chi connectivity index (χ4v) is 6.39. The molecule has 1 saturated heterocycles. The Kier molecular flexibility index (Phi) is 6.40. The second-order valence-electron chi connectivity index (χ2n) is 8.94. The lowest BCUT2D eigenvalue weighted by molar-refractivity contribution is 0.125. The summed E-state index contributed by atoms with van der Waals surface area (Å²) in [5, 5.41) is 17.6. The number of carboxylic acid groups (broad SMARTS) is 1. The van der Waals surface area contributed by atoms with Crippen molar-refractivity contribution in [2.45, 2.75) is 37.1 Å². The van der Waals surface area contributed by atoms with Gasteiger partial charge in [0, 0.05) is 50.5 Å². The molecule has 0 saturated carbocycles. The molecule has 2 aliphatic heterocycles. The molecule has 1 aromatic heterocycles. The number of pyridine rings is 1. The topological polar surface area (TPSA) is 137 Å². The minimum Gasteiger partial charge on any atom is -0.435 e. The molecule has 10 heteroatoms. The minimum absolute atomic E-state index is 0.00573. The summed E-state index contributed by atoms with van der Waals surface area (Å²) in [6.07, 6.45) is 4.87. The summed E-state index contributed by atoms with van der Waals surface area (Å²) in [6.45, 7) is 1.97. The SMILES string of the molecule is N=C(N)N1CCc2ccc(S(=O)(=O)CCC3CC[N+](C(=O)O)(c4ccncc4)CC3)cc2C1. The van der Waals surface area contributed by atoms with E-state index in [1.807, 2.05) is 6.07 Å². The smallest absolute Gasteiger partial charge is 0.435 e. The van der Waals surface area contributed by atoms with E-state index in [0.717, 1.165) is 17.5 Å². The summed E-state index contributed by atoms with van der Waals surface area (Å²) in [4.78, 5) is 18.1. The van der Waals surface area contributed by atoms with Crippen molar-refractivity contribution >= 4 is 27.6 Å². The number of aromatic nitrogens is 1. The van der Waals surface area contributed by atoms with Crippen molar-refractivity contribution in [1.29, 1.82) is 5.41 Å². The van der Waals surface area contributed by atoms with E-state index in [2.05, 4.69) is 4.98 Å². The molecule has 0 aliphatic carbocycles. The molecule has 3 heterocycles. The number of amides is 1. The number of rotatable bonds is 5. The molecule has 1 amide bonds. The van der Waals surface area contributed by atoms with Crippen molar-refractivity contribution in [3.8, 4) is 0 Å². The first-order valence-corrected chi connectivity index (χ1v) is 12.8. The predicted octanol–water partition coefficient (Wildman–Crippen LogP) is 2.59. The van der Waals surface area contributed by atoms with Gasteiger partial charge in [-0.05, 0) is 42.0 Å². The highest BCUT2D eigenvalue weighted by atomic mass is 32.2. The third kappa shape index (κ3) is 4.72. The highest BCUT2D eigenvalue weighted by molar-refractivity contribution is 7.91. The Morgan fingerprint density at radius 3 is 2.52 bits per heavy atom. The Morgan fingerprint density at radius 1 is 1.18 bits per heavy atom. The third-order valence-electron chi connectivity index (χ3n) is 7.05. The molecule has 9 nitrogen and oxygen atoms in total. The van der Waals surface area contributed by atoms with Crippen molar-refractivity contribution in [3.63, 3.8) is 0 Å². The Hall–Kier alpha value is -2.98. The van der Waals surface area contributed by atoms with Gasteiger partial charge in [-0.3, -0.25) is 10.4 Å². The molecule has 1 aromatic carbocycles. The first-order chi connectivity index (χ1) is 15.7. The normalized spacial score (nSPS) is 23.0. The standard InChI is InChI=1S/C23H29N5O4S/c24-22(25)27-11-5-18-1-2-21(15-19(18)16-27)33(31,32)14-8-17-6-12-28(13-7-17,23(29)30)20-3-9-26-10-4-20/h1-4,9-10,15,17H,5-8,11-14,16H2,(H3-,24,25,29,30)/p+1. The number of nitrogens with one attached hydrogen (secondary N) is 1. The van der Waals surface area contributed by atoms with Crippen LogP contribution in [0.25, 0.3) is 0 Å². The zero-order valence-electron chi connectivity index (χ0n) is 18.5. The van der Waals surface area contributed by atoms with Crippen molar-refractivity contribution in [3.05, 3.63) is 53.9 Å². The van der Waals surface area contributed by atoms with Crippen LogP contribution in [-0.2, 0) is 22.8 Å². The van der Waals surface area contributed by atoms with Gasteiger partial charge in [0.1, 0.15) is 5.69 Å². The number of guanidine groups is 1. The average molecular weight is 473 g/mol. The molecule has 4 N–H and O–H groups in total. The van der Waals surface area contributed by atoms with Crippen LogP contribution in [0.4, 0.5) is 10.5 Å². The lowest BCUT2D eigenvalue weighted by Crippen LogP contribution is -2.58. The number of piperidine rings is 1. The van der Waals surface area contributed by atoms with Gasteiger partial charge in [0.05, 0.1) is 23.7 Å². The van der Waals surface area contributed by atoms with E-state index < -0.39 is 15.9 Å². The van der Waals surface area contributed by atoms with E-state index in [1.165, 1.54) is 0 Å². The Bertz CT molecular complexity index is 1140. The Balaban J connectivity index is 1.40. The molecule has 0 spiro atoms. The van der Waals surface area contributed by atoms with Gasteiger partial charge >= 0.3 is 6.09 Å². The number of nitrogens with two attached hydrogens (primary N) is 1. The maximum absolute atomic E-state index is 13.0. The Labute approximate surface area is 193 Å². The van der Waals surface area contributed by atoms with Crippen molar-refractivity contribution in [2.24, 2.45) is 11.7 Å². The second kappa shape index (κ2) is 9.11. The molecule has 4 rings (SSSR count).